The molecule has 8 nitrogen and oxygen atoms in total. The average Bonchev–Trinajstić information content (AvgIpc) is 3.27. The smallest absolute Gasteiger partial charge is 0.330 e. The van der Waals surface area contributed by atoms with E-state index in [1.807, 2.05) is 6.92 Å². The molecular weight excluding hydrogens is 372 g/mol. The Bertz CT molecular complexity index is 947. The van der Waals surface area contributed by atoms with Gasteiger partial charge in [-0.05, 0) is 44.9 Å². The predicted octanol–water partition coefficient (Wildman–Crippen LogP) is 1.23. The predicted molar refractivity (Wildman–Crippen MR) is 95.5 cm³/mol. The van der Waals surface area contributed by atoms with Gasteiger partial charge in [0.25, 0.3) is 11.8 Å². The summed E-state index contributed by atoms with van der Waals surface area (Å²) in [7, 11) is -3.78. The molecule has 0 radical (unpaired) electrons. The van der Waals surface area contributed by atoms with Gasteiger partial charge in [0, 0.05) is 18.2 Å². The first-order valence-corrected chi connectivity index (χ1v) is 10.0. The quantitative estimate of drug-likeness (QED) is 0.425. The lowest BCUT2D eigenvalue weighted by atomic mass is 10.1. The van der Waals surface area contributed by atoms with Crippen LogP contribution in [0.1, 0.15) is 47.4 Å². The Kier molecular flexibility index (Phi) is 4.92. The highest BCUT2D eigenvalue weighted by Gasteiger charge is 2.42. The summed E-state index contributed by atoms with van der Waals surface area (Å²) in [4.78, 5) is 37.1. The molecule has 1 aromatic carbocycles. The number of carbonyl (C=O) groups is 3. The summed E-state index contributed by atoms with van der Waals surface area (Å²) in [6.07, 6.45) is 4.01. The first-order chi connectivity index (χ1) is 12.7. The normalized spacial score (nSPS) is 18.1. The minimum Gasteiger partial charge on any atom is -0.463 e. The van der Waals surface area contributed by atoms with E-state index < -0.39 is 33.3 Å². The van der Waals surface area contributed by atoms with Crippen LogP contribution in [-0.2, 0) is 19.6 Å². The monoisotopic (exact) mass is 392 g/mol. The van der Waals surface area contributed by atoms with Gasteiger partial charge in [-0.2, -0.15) is 0 Å². The number of esters is 1. The molecule has 1 heterocycles. The second kappa shape index (κ2) is 6.90. The number of fused-ring (bicyclic) bond motifs is 1. The van der Waals surface area contributed by atoms with E-state index in [-0.39, 0.29) is 29.2 Å². The van der Waals surface area contributed by atoms with Crippen molar-refractivity contribution in [3.05, 3.63) is 41.5 Å². The maximum Gasteiger partial charge on any atom is 0.330 e. The molecule has 1 fully saturated rings. The number of imide groups is 1. The van der Waals surface area contributed by atoms with Crippen molar-refractivity contribution in [2.45, 2.75) is 37.1 Å². The summed E-state index contributed by atoms with van der Waals surface area (Å²) >= 11 is 0. The molecule has 2 aliphatic rings. The fourth-order valence-electron chi connectivity index (χ4n) is 2.72. The molecule has 144 valence electrons. The molecule has 9 heteroatoms. The van der Waals surface area contributed by atoms with Crippen LogP contribution in [0.3, 0.4) is 0 Å². The maximum absolute atomic E-state index is 12.5. The summed E-state index contributed by atoms with van der Waals surface area (Å²) in [5, 5.41) is 0. The molecule has 0 unspecified atom stereocenters. The Morgan fingerprint density at radius 2 is 1.93 bits per heavy atom. The topological polar surface area (TPSA) is 110 Å². The van der Waals surface area contributed by atoms with Crippen molar-refractivity contribution in [1.29, 1.82) is 0 Å². The van der Waals surface area contributed by atoms with E-state index in [1.165, 1.54) is 24.3 Å². The van der Waals surface area contributed by atoms with Crippen molar-refractivity contribution >= 4 is 27.8 Å². The average molecular weight is 392 g/mol. The molecule has 0 spiro atoms. The van der Waals surface area contributed by atoms with Gasteiger partial charge in [-0.3, -0.25) is 14.5 Å². The number of amides is 2. The molecule has 1 aliphatic heterocycles. The summed E-state index contributed by atoms with van der Waals surface area (Å²) in [5.41, 5.74) is -0.267. The number of carbonyl (C=O) groups excluding carboxylic acids is 3. The van der Waals surface area contributed by atoms with Crippen molar-refractivity contribution < 1.29 is 27.5 Å². The Morgan fingerprint density at radius 3 is 2.56 bits per heavy atom. The number of hydrogen-bond donors (Lipinski definition) is 1. The zero-order valence-electron chi connectivity index (χ0n) is 15.0. The van der Waals surface area contributed by atoms with Crippen LogP contribution in [0, 0.1) is 0 Å². The molecule has 1 aliphatic carbocycles. The van der Waals surface area contributed by atoms with E-state index >= 15 is 0 Å². The lowest BCUT2D eigenvalue weighted by Gasteiger charge is -2.12. The third-order valence-electron chi connectivity index (χ3n) is 4.46. The molecule has 0 atom stereocenters. The third-order valence-corrected chi connectivity index (χ3v) is 6.10. The van der Waals surface area contributed by atoms with Gasteiger partial charge in [0.1, 0.15) is 0 Å². The van der Waals surface area contributed by atoms with Crippen LogP contribution in [0.5, 0.6) is 0 Å². The summed E-state index contributed by atoms with van der Waals surface area (Å²) in [6, 6.07) is 3.88. The van der Waals surface area contributed by atoms with Crippen LogP contribution in [-0.4, -0.2) is 49.8 Å². The largest absolute Gasteiger partial charge is 0.463 e. The zero-order valence-corrected chi connectivity index (χ0v) is 15.8. The Balaban J connectivity index is 1.79. The Morgan fingerprint density at radius 1 is 1.26 bits per heavy atom. The minimum absolute atomic E-state index is 0.0355. The number of sulfonamides is 1. The second-order valence-corrected chi connectivity index (χ2v) is 8.43. The van der Waals surface area contributed by atoms with Gasteiger partial charge in [0.05, 0.1) is 22.6 Å². The van der Waals surface area contributed by atoms with E-state index in [1.54, 1.807) is 6.92 Å². The SMILES string of the molecule is CCOC(=O)/C=C/CN1C(=O)c2ccc(S(=O)(=O)NC3(C)CC3)cc2C1=O. The summed E-state index contributed by atoms with van der Waals surface area (Å²) in [5.74, 6) is -1.70. The van der Waals surface area contributed by atoms with Gasteiger partial charge in [-0.15, -0.1) is 0 Å². The van der Waals surface area contributed by atoms with Gasteiger partial charge in [-0.25, -0.2) is 17.9 Å². The number of hydrogen-bond acceptors (Lipinski definition) is 6. The third kappa shape index (κ3) is 3.93. The number of benzene rings is 1. The maximum atomic E-state index is 12.5. The van der Waals surface area contributed by atoms with Crippen LogP contribution < -0.4 is 4.72 Å². The number of nitrogens with one attached hydrogen (secondary N) is 1. The number of nitrogens with zero attached hydrogens (tertiary/aromatic N) is 1. The molecule has 3 rings (SSSR count). The minimum atomic E-state index is -3.78. The molecule has 1 aromatic rings. The molecule has 2 amide bonds. The lowest BCUT2D eigenvalue weighted by molar-refractivity contribution is -0.137. The van der Waals surface area contributed by atoms with Gasteiger partial charge in [-0.1, -0.05) is 6.08 Å². The lowest BCUT2D eigenvalue weighted by Crippen LogP contribution is -2.34. The van der Waals surface area contributed by atoms with E-state index in [0.29, 0.717) is 0 Å². The van der Waals surface area contributed by atoms with Crippen molar-refractivity contribution in [2.75, 3.05) is 13.2 Å². The van der Waals surface area contributed by atoms with Gasteiger partial charge >= 0.3 is 5.97 Å². The van der Waals surface area contributed by atoms with E-state index in [0.717, 1.165) is 23.8 Å². The molecule has 1 N–H and O–H groups in total. The Hall–Kier alpha value is -2.52. The van der Waals surface area contributed by atoms with Crippen molar-refractivity contribution in [1.82, 2.24) is 9.62 Å². The van der Waals surface area contributed by atoms with E-state index in [9.17, 15) is 22.8 Å². The zero-order chi connectivity index (χ0) is 19.8. The molecule has 0 saturated heterocycles. The number of ether oxygens (including phenoxy) is 1. The molecule has 0 aromatic heterocycles. The molecule has 1 saturated carbocycles. The van der Waals surface area contributed by atoms with Crippen LogP contribution in [0.15, 0.2) is 35.2 Å². The van der Waals surface area contributed by atoms with Crippen LogP contribution in [0.25, 0.3) is 0 Å². The number of rotatable bonds is 7. The Labute approximate surface area is 157 Å². The molecule has 0 bridgehead atoms. The van der Waals surface area contributed by atoms with Gasteiger partial charge < -0.3 is 4.74 Å². The van der Waals surface area contributed by atoms with Crippen LogP contribution in [0.4, 0.5) is 0 Å². The highest BCUT2D eigenvalue weighted by Crippen LogP contribution is 2.36. The molecular formula is C18H20N2O6S. The van der Waals surface area contributed by atoms with Crippen molar-refractivity contribution in [2.24, 2.45) is 0 Å². The second-order valence-electron chi connectivity index (χ2n) is 6.75. The summed E-state index contributed by atoms with van der Waals surface area (Å²) < 4.78 is 32.3. The standard InChI is InChI=1S/C18H20N2O6S/c1-3-26-15(21)5-4-10-20-16(22)13-7-6-12(11-14(13)17(20)23)27(24,25)19-18(2)8-9-18/h4-7,11,19H,3,8-10H2,1-2H3/b5-4+. The first kappa shape index (κ1) is 19.2. The fourth-order valence-corrected chi connectivity index (χ4v) is 4.21. The van der Waals surface area contributed by atoms with Gasteiger partial charge in [0.15, 0.2) is 0 Å². The van der Waals surface area contributed by atoms with Gasteiger partial charge in [0.2, 0.25) is 10.0 Å². The van der Waals surface area contributed by atoms with Crippen LogP contribution in [0.2, 0.25) is 0 Å². The van der Waals surface area contributed by atoms with E-state index in [4.69, 9.17) is 4.74 Å². The van der Waals surface area contributed by atoms with Crippen LogP contribution >= 0.6 is 0 Å². The first-order valence-electron chi connectivity index (χ1n) is 8.54. The summed E-state index contributed by atoms with van der Waals surface area (Å²) in [6.45, 7) is 3.59. The van der Waals surface area contributed by atoms with Crippen molar-refractivity contribution in [3.63, 3.8) is 0 Å². The van der Waals surface area contributed by atoms with Crippen molar-refractivity contribution in [3.8, 4) is 0 Å². The van der Waals surface area contributed by atoms with E-state index in [2.05, 4.69) is 4.72 Å². The highest BCUT2D eigenvalue weighted by atomic mass is 32.2. The highest BCUT2D eigenvalue weighted by molar-refractivity contribution is 7.89. The fraction of sp³-hybridized carbons (Fsp3) is 0.389. The molecule has 27 heavy (non-hydrogen) atoms.